The number of hydrogen-bond acceptors (Lipinski definition) is 4. The molecular weight excluding hydrogens is 220 g/mol. The molecule has 0 aromatic carbocycles. The van der Waals surface area contributed by atoms with E-state index in [1.54, 1.807) is 0 Å². The highest BCUT2D eigenvalue weighted by molar-refractivity contribution is 6.24. The molecule has 1 spiro atoms. The van der Waals surface area contributed by atoms with E-state index in [1.807, 2.05) is 0 Å². The molecule has 92 valence electrons. The van der Waals surface area contributed by atoms with E-state index in [4.69, 9.17) is 0 Å². The zero-order chi connectivity index (χ0) is 12.0. The third-order valence-electron chi connectivity index (χ3n) is 4.31. The highest BCUT2D eigenvalue weighted by atomic mass is 16.2. The van der Waals surface area contributed by atoms with Crippen LogP contribution in [0.2, 0.25) is 0 Å². The summed E-state index contributed by atoms with van der Waals surface area (Å²) in [6.45, 7) is 1.70. The zero-order valence-corrected chi connectivity index (χ0v) is 9.62. The van der Waals surface area contributed by atoms with Crippen molar-refractivity contribution >= 4 is 17.6 Å². The lowest BCUT2D eigenvalue weighted by molar-refractivity contribution is -0.151. The van der Waals surface area contributed by atoms with Gasteiger partial charge >= 0.3 is 0 Å². The Kier molecular flexibility index (Phi) is 2.33. The maximum Gasteiger partial charge on any atom is 0.240 e. The van der Waals surface area contributed by atoms with Crippen molar-refractivity contribution in [3.8, 4) is 0 Å². The van der Waals surface area contributed by atoms with Crippen molar-refractivity contribution < 1.29 is 14.4 Å². The zero-order valence-electron chi connectivity index (χ0n) is 9.62. The number of hydrogen-bond donors (Lipinski definition) is 2. The minimum atomic E-state index is -0.830. The molecule has 2 heterocycles. The summed E-state index contributed by atoms with van der Waals surface area (Å²) in [7, 11) is 0. The first-order chi connectivity index (χ1) is 8.15. The molecule has 2 saturated heterocycles. The standard InChI is InChI=1S/C12H16N2O3/c15-9-8(7-1-5-13-6-2-7)10(16)14-11(17)12(9)3-4-12/h7-8,13H,1-6H2,(H,14,16,17). The van der Waals surface area contributed by atoms with E-state index in [1.165, 1.54) is 0 Å². The van der Waals surface area contributed by atoms with E-state index in [2.05, 4.69) is 10.6 Å². The van der Waals surface area contributed by atoms with E-state index in [0.29, 0.717) is 12.8 Å². The Morgan fingerprint density at radius 1 is 1.06 bits per heavy atom. The highest BCUT2D eigenvalue weighted by Crippen LogP contribution is 2.51. The lowest BCUT2D eigenvalue weighted by Crippen LogP contribution is -2.56. The molecule has 17 heavy (non-hydrogen) atoms. The van der Waals surface area contributed by atoms with Crippen LogP contribution >= 0.6 is 0 Å². The second-order valence-corrected chi connectivity index (χ2v) is 5.33. The van der Waals surface area contributed by atoms with Gasteiger partial charge in [0.15, 0.2) is 5.78 Å². The molecule has 0 aromatic rings. The van der Waals surface area contributed by atoms with Gasteiger partial charge < -0.3 is 5.32 Å². The number of ketones is 1. The molecule has 1 atom stereocenters. The smallest absolute Gasteiger partial charge is 0.240 e. The predicted octanol–water partition coefficient (Wildman–Crippen LogP) is -0.392. The molecule has 0 aromatic heterocycles. The van der Waals surface area contributed by atoms with Gasteiger partial charge in [-0.25, -0.2) is 0 Å². The van der Waals surface area contributed by atoms with Crippen molar-refractivity contribution in [2.24, 2.45) is 17.3 Å². The van der Waals surface area contributed by atoms with Crippen LogP contribution in [0.25, 0.3) is 0 Å². The summed E-state index contributed by atoms with van der Waals surface area (Å²) in [5.41, 5.74) is -0.830. The van der Waals surface area contributed by atoms with Gasteiger partial charge in [0.2, 0.25) is 11.8 Å². The van der Waals surface area contributed by atoms with Gasteiger partial charge in [0.05, 0.1) is 0 Å². The monoisotopic (exact) mass is 236 g/mol. The number of amides is 2. The van der Waals surface area contributed by atoms with Gasteiger partial charge in [-0.1, -0.05) is 0 Å². The molecule has 0 radical (unpaired) electrons. The summed E-state index contributed by atoms with van der Waals surface area (Å²) < 4.78 is 0. The van der Waals surface area contributed by atoms with E-state index < -0.39 is 11.3 Å². The number of carbonyl (C=O) groups excluding carboxylic acids is 3. The molecule has 2 N–H and O–H groups in total. The fraction of sp³-hybridized carbons (Fsp3) is 0.750. The Balaban J connectivity index is 1.85. The lowest BCUT2D eigenvalue weighted by Gasteiger charge is -2.34. The molecule has 0 bridgehead atoms. The summed E-state index contributed by atoms with van der Waals surface area (Å²) >= 11 is 0. The van der Waals surface area contributed by atoms with E-state index in [0.717, 1.165) is 25.9 Å². The molecule has 1 unspecified atom stereocenters. The van der Waals surface area contributed by atoms with Crippen molar-refractivity contribution in [3.63, 3.8) is 0 Å². The Morgan fingerprint density at radius 2 is 1.71 bits per heavy atom. The van der Waals surface area contributed by atoms with E-state index in [9.17, 15) is 14.4 Å². The summed E-state index contributed by atoms with van der Waals surface area (Å²) in [6.07, 6.45) is 2.92. The average molecular weight is 236 g/mol. The van der Waals surface area contributed by atoms with Gasteiger partial charge in [0.25, 0.3) is 0 Å². The maximum absolute atomic E-state index is 12.3. The summed E-state index contributed by atoms with van der Waals surface area (Å²) in [5.74, 6) is -1.33. The van der Waals surface area contributed by atoms with Crippen LogP contribution in [-0.4, -0.2) is 30.7 Å². The van der Waals surface area contributed by atoms with Crippen molar-refractivity contribution in [1.82, 2.24) is 10.6 Å². The van der Waals surface area contributed by atoms with Crippen molar-refractivity contribution in [3.05, 3.63) is 0 Å². The molecule has 1 saturated carbocycles. The first-order valence-corrected chi connectivity index (χ1v) is 6.25. The lowest BCUT2D eigenvalue weighted by atomic mass is 9.74. The third kappa shape index (κ3) is 1.52. The summed E-state index contributed by atoms with van der Waals surface area (Å²) in [5, 5.41) is 5.61. The normalized spacial score (nSPS) is 32.7. The van der Waals surface area contributed by atoms with Crippen LogP contribution < -0.4 is 10.6 Å². The van der Waals surface area contributed by atoms with Crippen molar-refractivity contribution in [2.75, 3.05) is 13.1 Å². The van der Waals surface area contributed by atoms with Crippen LogP contribution in [0.5, 0.6) is 0 Å². The fourth-order valence-corrected chi connectivity index (χ4v) is 3.04. The molecule has 5 nitrogen and oxygen atoms in total. The SMILES string of the molecule is O=C1NC(=O)C2(CC2)C(=O)C1C1CCNCC1. The van der Waals surface area contributed by atoms with Gasteiger partial charge in [0.1, 0.15) is 11.3 Å². The van der Waals surface area contributed by atoms with Crippen LogP contribution in [0.3, 0.4) is 0 Å². The van der Waals surface area contributed by atoms with Gasteiger partial charge in [-0.2, -0.15) is 0 Å². The molecule has 3 aliphatic rings. The largest absolute Gasteiger partial charge is 0.317 e. The van der Waals surface area contributed by atoms with E-state index >= 15 is 0 Å². The minimum Gasteiger partial charge on any atom is -0.317 e. The van der Waals surface area contributed by atoms with Crippen LogP contribution in [0.4, 0.5) is 0 Å². The molecular formula is C12H16N2O3. The summed E-state index contributed by atoms with van der Waals surface area (Å²) in [4.78, 5) is 35.8. The highest BCUT2D eigenvalue weighted by Gasteiger charge is 2.63. The molecule has 3 fully saturated rings. The number of nitrogens with one attached hydrogen (secondary N) is 2. The number of rotatable bonds is 1. The minimum absolute atomic E-state index is 0.106. The molecule has 1 aliphatic carbocycles. The Morgan fingerprint density at radius 3 is 2.29 bits per heavy atom. The average Bonchev–Trinajstić information content (AvgIpc) is 3.10. The van der Waals surface area contributed by atoms with Crippen molar-refractivity contribution in [2.45, 2.75) is 25.7 Å². The first kappa shape index (κ1) is 10.9. The Labute approximate surface area is 99.3 Å². The molecule has 3 rings (SSSR count). The van der Waals surface area contributed by atoms with Crippen molar-refractivity contribution in [1.29, 1.82) is 0 Å². The van der Waals surface area contributed by atoms with Gasteiger partial charge in [-0.15, -0.1) is 0 Å². The fourth-order valence-electron chi connectivity index (χ4n) is 3.04. The number of carbonyl (C=O) groups is 3. The van der Waals surface area contributed by atoms with Crippen LogP contribution in [0.1, 0.15) is 25.7 Å². The number of imide groups is 1. The van der Waals surface area contributed by atoms with E-state index in [-0.39, 0.29) is 23.5 Å². The molecule has 2 amide bonds. The quantitative estimate of drug-likeness (QED) is 0.480. The van der Waals surface area contributed by atoms with Crippen LogP contribution in [0, 0.1) is 17.3 Å². The Bertz CT molecular complexity index is 395. The Hall–Kier alpha value is -1.23. The maximum atomic E-state index is 12.3. The number of Topliss-reactive ketones (excluding diaryl/α,β-unsaturated/α-hetero) is 1. The topological polar surface area (TPSA) is 75.3 Å². The third-order valence-corrected chi connectivity index (χ3v) is 4.31. The van der Waals surface area contributed by atoms with Gasteiger partial charge in [0, 0.05) is 0 Å². The second-order valence-electron chi connectivity index (χ2n) is 5.33. The van der Waals surface area contributed by atoms with Crippen LogP contribution in [-0.2, 0) is 14.4 Å². The number of piperidine rings is 2. The van der Waals surface area contributed by atoms with Crippen LogP contribution in [0.15, 0.2) is 0 Å². The molecule has 5 heteroatoms. The van der Waals surface area contributed by atoms with Gasteiger partial charge in [-0.05, 0) is 44.7 Å². The first-order valence-electron chi connectivity index (χ1n) is 6.25. The second kappa shape index (κ2) is 3.63. The summed E-state index contributed by atoms with van der Waals surface area (Å²) in [6, 6.07) is 0. The molecule has 2 aliphatic heterocycles. The van der Waals surface area contributed by atoms with Gasteiger partial charge in [-0.3, -0.25) is 19.7 Å². The predicted molar refractivity (Wildman–Crippen MR) is 58.9 cm³/mol.